The molecule has 0 aromatic carbocycles. The van der Waals surface area contributed by atoms with Crippen molar-refractivity contribution in [3.8, 4) is 0 Å². The fourth-order valence-electron chi connectivity index (χ4n) is 1.79. The predicted molar refractivity (Wildman–Crippen MR) is 68.9 cm³/mol. The van der Waals surface area contributed by atoms with Crippen molar-refractivity contribution in [3.63, 3.8) is 0 Å². The van der Waals surface area contributed by atoms with Crippen molar-refractivity contribution in [1.82, 2.24) is 9.97 Å². The molecule has 2 aromatic heterocycles. The molecular formula is C12H11N5. The van der Waals surface area contributed by atoms with E-state index in [-0.39, 0.29) is 0 Å². The third-order valence-electron chi connectivity index (χ3n) is 2.63. The van der Waals surface area contributed by atoms with Gasteiger partial charge in [-0.3, -0.25) is 9.98 Å². The van der Waals surface area contributed by atoms with Gasteiger partial charge in [0.1, 0.15) is 18.3 Å². The Morgan fingerprint density at radius 1 is 1.35 bits per heavy atom. The number of aromatic nitrogens is 2. The number of anilines is 2. The topological polar surface area (TPSA) is 67.4 Å². The lowest BCUT2D eigenvalue weighted by Crippen LogP contribution is -2.19. The second-order valence-corrected chi connectivity index (χ2v) is 3.75. The SMILES string of the molecule is Nc1nc(N2C=CC=NC2)cc2cnccc12. The average Bonchev–Trinajstić information content (AvgIpc) is 2.40. The van der Waals surface area contributed by atoms with Gasteiger partial charge in [-0.25, -0.2) is 4.98 Å². The first-order chi connectivity index (χ1) is 8.34. The molecule has 2 N–H and O–H groups in total. The van der Waals surface area contributed by atoms with Crippen LogP contribution >= 0.6 is 0 Å². The molecule has 0 atom stereocenters. The molecule has 0 fully saturated rings. The zero-order valence-electron chi connectivity index (χ0n) is 9.11. The molecule has 84 valence electrons. The molecule has 0 amide bonds. The molecule has 3 heterocycles. The van der Waals surface area contributed by atoms with Crippen LogP contribution in [-0.2, 0) is 0 Å². The minimum Gasteiger partial charge on any atom is -0.383 e. The molecule has 0 bridgehead atoms. The molecule has 0 radical (unpaired) electrons. The van der Waals surface area contributed by atoms with Gasteiger partial charge in [-0.1, -0.05) is 0 Å². The zero-order chi connectivity index (χ0) is 11.7. The Bertz CT molecular complexity index is 617. The van der Waals surface area contributed by atoms with Crippen LogP contribution < -0.4 is 10.6 Å². The Balaban J connectivity index is 2.12. The van der Waals surface area contributed by atoms with Gasteiger partial charge in [-0.2, -0.15) is 0 Å². The van der Waals surface area contributed by atoms with Gasteiger partial charge in [-0.05, 0) is 18.2 Å². The van der Waals surface area contributed by atoms with Crippen molar-refractivity contribution in [1.29, 1.82) is 0 Å². The Hall–Kier alpha value is -2.43. The summed E-state index contributed by atoms with van der Waals surface area (Å²) in [5.74, 6) is 1.30. The van der Waals surface area contributed by atoms with Crippen molar-refractivity contribution >= 4 is 28.6 Å². The minimum absolute atomic E-state index is 0.517. The molecule has 0 saturated heterocycles. The van der Waals surface area contributed by atoms with Gasteiger partial charge in [0.2, 0.25) is 0 Å². The van der Waals surface area contributed by atoms with E-state index in [1.165, 1.54) is 0 Å². The van der Waals surface area contributed by atoms with Gasteiger partial charge < -0.3 is 10.6 Å². The molecule has 1 aliphatic heterocycles. The molecule has 3 rings (SSSR count). The fraction of sp³-hybridized carbons (Fsp3) is 0.0833. The summed E-state index contributed by atoms with van der Waals surface area (Å²) in [6, 6.07) is 3.83. The van der Waals surface area contributed by atoms with Crippen LogP contribution in [0, 0.1) is 0 Å². The molecule has 0 unspecified atom stereocenters. The minimum atomic E-state index is 0.517. The van der Waals surface area contributed by atoms with Crippen LogP contribution in [0.1, 0.15) is 0 Å². The molecule has 0 spiro atoms. The number of hydrogen-bond donors (Lipinski definition) is 1. The second kappa shape index (κ2) is 3.86. The summed E-state index contributed by atoms with van der Waals surface area (Å²) in [7, 11) is 0. The highest BCUT2D eigenvalue weighted by molar-refractivity contribution is 5.92. The summed E-state index contributed by atoms with van der Waals surface area (Å²) in [6.45, 7) is 0.564. The van der Waals surface area contributed by atoms with Crippen LogP contribution in [0.4, 0.5) is 11.6 Å². The van der Waals surface area contributed by atoms with Crippen molar-refractivity contribution < 1.29 is 0 Å². The lowest BCUT2D eigenvalue weighted by Gasteiger charge is -2.19. The zero-order valence-corrected chi connectivity index (χ0v) is 9.11. The van der Waals surface area contributed by atoms with Crippen LogP contribution in [-0.4, -0.2) is 22.9 Å². The summed E-state index contributed by atoms with van der Waals surface area (Å²) in [5.41, 5.74) is 5.94. The number of nitrogen functional groups attached to an aromatic ring is 1. The summed E-state index contributed by atoms with van der Waals surface area (Å²) in [4.78, 5) is 14.6. The molecular weight excluding hydrogens is 214 g/mol. The highest BCUT2D eigenvalue weighted by Gasteiger charge is 2.09. The van der Waals surface area contributed by atoms with E-state index >= 15 is 0 Å². The van der Waals surface area contributed by atoms with E-state index < -0.39 is 0 Å². The number of rotatable bonds is 1. The third-order valence-corrected chi connectivity index (χ3v) is 2.63. The largest absolute Gasteiger partial charge is 0.383 e. The quantitative estimate of drug-likeness (QED) is 0.800. The van der Waals surface area contributed by atoms with E-state index in [0.717, 1.165) is 16.6 Å². The molecule has 0 saturated carbocycles. The van der Waals surface area contributed by atoms with Crippen molar-refractivity contribution in [2.75, 3.05) is 17.3 Å². The maximum Gasteiger partial charge on any atom is 0.137 e. The average molecular weight is 225 g/mol. The summed E-state index contributed by atoms with van der Waals surface area (Å²) < 4.78 is 0. The first-order valence-corrected chi connectivity index (χ1v) is 5.28. The number of allylic oxidation sites excluding steroid dienone is 1. The van der Waals surface area contributed by atoms with Crippen molar-refractivity contribution in [2.45, 2.75) is 0 Å². The fourth-order valence-corrected chi connectivity index (χ4v) is 1.79. The summed E-state index contributed by atoms with van der Waals surface area (Å²) in [5, 5.41) is 1.91. The predicted octanol–water partition coefficient (Wildman–Crippen LogP) is 1.57. The summed E-state index contributed by atoms with van der Waals surface area (Å²) >= 11 is 0. The van der Waals surface area contributed by atoms with E-state index in [1.807, 2.05) is 29.3 Å². The highest BCUT2D eigenvalue weighted by atomic mass is 15.2. The smallest absolute Gasteiger partial charge is 0.137 e. The lowest BCUT2D eigenvalue weighted by molar-refractivity contribution is 0.948. The molecule has 0 aliphatic carbocycles. The highest BCUT2D eigenvalue weighted by Crippen LogP contribution is 2.24. The van der Waals surface area contributed by atoms with Gasteiger partial charge in [0.05, 0.1) is 0 Å². The molecule has 5 heteroatoms. The van der Waals surface area contributed by atoms with Gasteiger partial charge in [-0.15, -0.1) is 0 Å². The standard InChI is InChI=1S/C12H11N5/c13-12-10-2-4-14-7-9(10)6-11(16-12)17-5-1-3-15-8-17/h1-7H,8H2,(H2,13,16). The van der Waals surface area contributed by atoms with Crippen molar-refractivity contribution in [3.05, 3.63) is 36.8 Å². The van der Waals surface area contributed by atoms with Gasteiger partial charge in [0.25, 0.3) is 0 Å². The van der Waals surface area contributed by atoms with Crippen LogP contribution in [0.3, 0.4) is 0 Å². The van der Waals surface area contributed by atoms with E-state index in [9.17, 15) is 0 Å². The van der Waals surface area contributed by atoms with Crippen LogP contribution in [0.5, 0.6) is 0 Å². The Kier molecular flexibility index (Phi) is 2.22. The van der Waals surface area contributed by atoms with Crippen LogP contribution in [0.2, 0.25) is 0 Å². The molecule has 5 nitrogen and oxygen atoms in total. The van der Waals surface area contributed by atoms with Gasteiger partial charge in [0.15, 0.2) is 0 Å². The number of nitrogens with zero attached hydrogens (tertiary/aromatic N) is 4. The Morgan fingerprint density at radius 2 is 2.29 bits per heavy atom. The Morgan fingerprint density at radius 3 is 3.12 bits per heavy atom. The first kappa shape index (κ1) is 9.77. The first-order valence-electron chi connectivity index (χ1n) is 5.28. The van der Waals surface area contributed by atoms with E-state index in [0.29, 0.717) is 12.5 Å². The third kappa shape index (κ3) is 1.71. The van der Waals surface area contributed by atoms with Crippen LogP contribution in [0.15, 0.2) is 41.8 Å². The summed E-state index contributed by atoms with van der Waals surface area (Å²) in [6.07, 6.45) is 9.06. The van der Waals surface area contributed by atoms with Crippen LogP contribution in [0.25, 0.3) is 10.8 Å². The maximum absolute atomic E-state index is 5.94. The number of nitrogens with two attached hydrogens (primary N) is 1. The second-order valence-electron chi connectivity index (χ2n) is 3.75. The number of hydrogen-bond acceptors (Lipinski definition) is 5. The Labute approximate surface area is 98.3 Å². The maximum atomic E-state index is 5.94. The molecule has 17 heavy (non-hydrogen) atoms. The number of pyridine rings is 2. The van der Waals surface area contributed by atoms with Crippen molar-refractivity contribution in [2.24, 2.45) is 4.99 Å². The number of fused-ring (bicyclic) bond motifs is 1. The van der Waals surface area contributed by atoms with E-state index in [4.69, 9.17) is 5.73 Å². The molecule has 2 aromatic rings. The van der Waals surface area contributed by atoms with Gasteiger partial charge in [0, 0.05) is 35.6 Å². The normalized spacial score (nSPS) is 14.5. The van der Waals surface area contributed by atoms with E-state index in [1.54, 1.807) is 18.6 Å². The number of aliphatic imine (C=N–C) groups is 1. The lowest BCUT2D eigenvalue weighted by atomic mass is 10.2. The van der Waals surface area contributed by atoms with E-state index in [2.05, 4.69) is 15.0 Å². The monoisotopic (exact) mass is 225 g/mol. The molecule has 1 aliphatic rings. The van der Waals surface area contributed by atoms with Gasteiger partial charge >= 0.3 is 0 Å².